The van der Waals surface area contributed by atoms with E-state index in [0.29, 0.717) is 11.1 Å². The van der Waals surface area contributed by atoms with Gasteiger partial charge in [-0.15, -0.1) is 0 Å². The predicted octanol–water partition coefficient (Wildman–Crippen LogP) is 4.02. The lowest BCUT2D eigenvalue weighted by atomic mass is 9.89. The zero-order chi connectivity index (χ0) is 15.5. The van der Waals surface area contributed by atoms with Crippen LogP contribution in [-0.4, -0.2) is 30.8 Å². The van der Waals surface area contributed by atoms with Gasteiger partial charge in [-0.3, -0.25) is 4.79 Å². The Balaban J connectivity index is 1.84. The molecule has 1 aliphatic heterocycles. The van der Waals surface area contributed by atoms with Crippen molar-refractivity contribution in [2.24, 2.45) is 5.92 Å². The number of carbonyl (C=O) groups is 1. The Morgan fingerprint density at radius 3 is 2.64 bits per heavy atom. The highest BCUT2D eigenvalue weighted by Crippen LogP contribution is 2.26. The molecule has 0 aliphatic carbocycles. The molecule has 0 amide bonds. The van der Waals surface area contributed by atoms with E-state index in [0.717, 1.165) is 31.5 Å². The number of Topliss-reactive ketones (excluding diaryl/α,β-unsaturated/α-hetero) is 1. The first kappa shape index (κ1) is 14.9. The summed E-state index contributed by atoms with van der Waals surface area (Å²) in [5.41, 5.74) is 1.85. The number of hydrogen-bond donors (Lipinski definition) is 0. The summed E-state index contributed by atoms with van der Waals surface area (Å²) in [7, 11) is 2.03. The zero-order valence-electron chi connectivity index (χ0n) is 12.8. The summed E-state index contributed by atoms with van der Waals surface area (Å²) >= 11 is 0. The van der Waals surface area contributed by atoms with E-state index in [4.69, 9.17) is 0 Å². The van der Waals surface area contributed by atoms with Crippen molar-refractivity contribution in [3.8, 4) is 11.1 Å². The molecule has 2 nitrogen and oxygen atoms in total. The minimum atomic E-state index is -0.332. The van der Waals surface area contributed by atoms with Gasteiger partial charge in [0, 0.05) is 23.6 Å². The number of halogens is 1. The Labute approximate surface area is 130 Å². The second-order valence-corrected chi connectivity index (χ2v) is 6.03. The Bertz CT molecular complexity index is 668. The molecule has 0 aromatic heterocycles. The molecule has 114 valence electrons. The van der Waals surface area contributed by atoms with Crippen molar-refractivity contribution in [3.05, 3.63) is 59.9 Å². The molecule has 0 spiro atoms. The van der Waals surface area contributed by atoms with Gasteiger partial charge in [-0.05, 0) is 38.1 Å². The van der Waals surface area contributed by atoms with Crippen LogP contribution in [0.5, 0.6) is 0 Å². The molecular weight excluding hydrogens is 277 g/mol. The minimum Gasteiger partial charge on any atom is -0.306 e. The van der Waals surface area contributed by atoms with Crippen LogP contribution in [0.3, 0.4) is 0 Å². The summed E-state index contributed by atoms with van der Waals surface area (Å²) in [6.07, 6.45) is 1.92. The van der Waals surface area contributed by atoms with Crippen LogP contribution < -0.4 is 0 Å². The maximum absolute atomic E-state index is 14.4. The topological polar surface area (TPSA) is 20.3 Å². The van der Waals surface area contributed by atoms with E-state index in [9.17, 15) is 9.18 Å². The minimum absolute atomic E-state index is 0.0132. The van der Waals surface area contributed by atoms with E-state index in [1.54, 1.807) is 12.1 Å². The van der Waals surface area contributed by atoms with Gasteiger partial charge in [-0.25, -0.2) is 4.39 Å². The van der Waals surface area contributed by atoms with Crippen LogP contribution in [-0.2, 0) is 0 Å². The maximum atomic E-state index is 14.4. The molecule has 0 saturated carbocycles. The van der Waals surface area contributed by atoms with E-state index in [1.807, 2.05) is 37.4 Å². The van der Waals surface area contributed by atoms with Crippen molar-refractivity contribution in [3.63, 3.8) is 0 Å². The summed E-state index contributed by atoms with van der Waals surface area (Å²) in [5.74, 6) is -0.285. The molecule has 1 aliphatic rings. The van der Waals surface area contributed by atoms with Crippen LogP contribution in [0.1, 0.15) is 23.2 Å². The first-order valence-electron chi connectivity index (χ1n) is 7.73. The third kappa shape index (κ3) is 3.09. The molecule has 22 heavy (non-hydrogen) atoms. The van der Waals surface area contributed by atoms with Gasteiger partial charge < -0.3 is 4.90 Å². The van der Waals surface area contributed by atoms with Gasteiger partial charge in [0.05, 0.1) is 0 Å². The number of piperidine rings is 1. The standard InChI is InChI=1S/C19H20FNO/c1-21-11-5-8-16(13-21)19(22)15-9-10-17(18(20)12-15)14-6-3-2-4-7-14/h2-4,6-7,9-10,12,16H,5,8,11,13H2,1H3/t16-/m0/s1. The highest BCUT2D eigenvalue weighted by molar-refractivity contribution is 5.98. The number of ketones is 1. The van der Waals surface area contributed by atoms with Gasteiger partial charge in [0.2, 0.25) is 0 Å². The largest absolute Gasteiger partial charge is 0.306 e. The van der Waals surface area contributed by atoms with Crippen LogP contribution in [0.4, 0.5) is 4.39 Å². The van der Waals surface area contributed by atoms with E-state index in [2.05, 4.69) is 4.90 Å². The molecule has 1 fully saturated rings. The van der Waals surface area contributed by atoms with Crippen molar-refractivity contribution >= 4 is 5.78 Å². The summed E-state index contributed by atoms with van der Waals surface area (Å²) < 4.78 is 14.4. The second-order valence-electron chi connectivity index (χ2n) is 6.03. The number of carbonyl (C=O) groups excluding carboxylic acids is 1. The van der Waals surface area contributed by atoms with Crippen LogP contribution in [0, 0.1) is 11.7 Å². The third-order valence-corrected chi connectivity index (χ3v) is 4.33. The smallest absolute Gasteiger partial charge is 0.167 e. The van der Waals surface area contributed by atoms with Gasteiger partial charge in [-0.2, -0.15) is 0 Å². The van der Waals surface area contributed by atoms with E-state index >= 15 is 0 Å². The van der Waals surface area contributed by atoms with Crippen LogP contribution >= 0.6 is 0 Å². The number of benzene rings is 2. The molecule has 3 rings (SSSR count). The molecule has 2 aromatic carbocycles. The predicted molar refractivity (Wildman–Crippen MR) is 86.4 cm³/mol. The van der Waals surface area contributed by atoms with Crippen molar-refractivity contribution in [2.75, 3.05) is 20.1 Å². The van der Waals surface area contributed by atoms with Crippen LogP contribution in [0.2, 0.25) is 0 Å². The molecular formula is C19H20FNO. The molecule has 0 radical (unpaired) electrons. The Kier molecular flexibility index (Phi) is 4.34. The summed E-state index contributed by atoms with van der Waals surface area (Å²) in [4.78, 5) is 14.7. The SMILES string of the molecule is CN1CCC[C@H](C(=O)c2ccc(-c3ccccc3)c(F)c2)C1. The van der Waals surface area contributed by atoms with Gasteiger partial charge in [0.25, 0.3) is 0 Å². The van der Waals surface area contributed by atoms with Crippen molar-refractivity contribution < 1.29 is 9.18 Å². The molecule has 2 aromatic rings. The van der Waals surface area contributed by atoms with Gasteiger partial charge in [0.1, 0.15) is 5.82 Å². The van der Waals surface area contributed by atoms with Crippen molar-refractivity contribution in [1.29, 1.82) is 0 Å². The Morgan fingerprint density at radius 2 is 1.95 bits per heavy atom. The fraction of sp³-hybridized carbons (Fsp3) is 0.316. The summed E-state index contributed by atoms with van der Waals surface area (Å²) in [6.45, 7) is 1.80. The first-order valence-corrected chi connectivity index (χ1v) is 7.73. The van der Waals surface area contributed by atoms with Crippen molar-refractivity contribution in [1.82, 2.24) is 4.90 Å². The van der Waals surface area contributed by atoms with Crippen molar-refractivity contribution in [2.45, 2.75) is 12.8 Å². The third-order valence-electron chi connectivity index (χ3n) is 4.33. The first-order chi connectivity index (χ1) is 10.6. The summed E-state index contributed by atoms with van der Waals surface area (Å²) in [6, 6.07) is 14.3. The molecule has 3 heteroatoms. The number of likely N-dealkylation sites (tertiary alicyclic amines) is 1. The van der Waals surface area contributed by atoms with E-state index in [-0.39, 0.29) is 17.5 Å². The fourth-order valence-corrected chi connectivity index (χ4v) is 3.14. The number of hydrogen-bond acceptors (Lipinski definition) is 2. The lowest BCUT2D eigenvalue weighted by molar-refractivity contribution is 0.0843. The molecule has 1 heterocycles. The Hall–Kier alpha value is -2.00. The molecule has 1 atom stereocenters. The van der Waals surface area contributed by atoms with Gasteiger partial charge in [0.15, 0.2) is 5.78 Å². The fourth-order valence-electron chi connectivity index (χ4n) is 3.14. The van der Waals surface area contributed by atoms with E-state index in [1.165, 1.54) is 6.07 Å². The average Bonchev–Trinajstić information content (AvgIpc) is 2.55. The molecule has 0 N–H and O–H groups in total. The van der Waals surface area contributed by atoms with Gasteiger partial charge >= 0.3 is 0 Å². The lowest BCUT2D eigenvalue weighted by Crippen LogP contribution is -2.36. The van der Waals surface area contributed by atoms with Crippen LogP contribution in [0.25, 0.3) is 11.1 Å². The van der Waals surface area contributed by atoms with Crippen LogP contribution in [0.15, 0.2) is 48.5 Å². The highest BCUT2D eigenvalue weighted by atomic mass is 19.1. The Morgan fingerprint density at radius 1 is 1.18 bits per heavy atom. The molecule has 1 saturated heterocycles. The molecule has 0 bridgehead atoms. The molecule has 0 unspecified atom stereocenters. The van der Waals surface area contributed by atoms with Gasteiger partial charge in [-0.1, -0.05) is 42.5 Å². The monoisotopic (exact) mass is 297 g/mol. The average molecular weight is 297 g/mol. The lowest BCUT2D eigenvalue weighted by Gasteiger charge is -2.28. The second kappa shape index (κ2) is 6.41. The number of rotatable bonds is 3. The zero-order valence-corrected chi connectivity index (χ0v) is 12.8. The van der Waals surface area contributed by atoms with E-state index < -0.39 is 0 Å². The quantitative estimate of drug-likeness (QED) is 0.798. The highest BCUT2D eigenvalue weighted by Gasteiger charge is 2.25. The summed E-state index contributed by atoms with van der Waals surface area (Å²) in [5, 5.41) is 0. The number of nitrogens with zero attached hydrogens (tertiary/aromatic N) is 1. The maximum Gasteiger partial charge on any atom is 0.167 e. The normalized spacial score (nSPS) is 19.1.